The summed E-state index contributed by atoms with van der Waals surface area (Å²) in [6.07, 6.45) is 3.53. The molecule has 0 spiro atoms. The van der Waals surface area contributed by atoms with Gasteiger partial charge in [-0.25, -0.2) is 4.39 Å². The van der Waals surface area contributed by atoms with Crippen LogP contribution in [-0.4, -0.2) is 13.6 Å². The first-order valence-electron chi connectivity index (χ1n) is 5.82. The maximum absolute atomic E-state index is 14.0. The van der Waals surface area contributed by atoms with E-state index in [1.54, 1.807) is 6.07 Å². The van der Waals surface area contributed by atoms with Gasteiger partial charge in [0.25, 0.3) is 0 Å². The first-order valence-corrected chi connectivity index (χ1v) is 6.62. The van der Waals surface area contributed by atoms with E-state index in [-0.39, 0.29) is 5.82 Å². The molecule has 1 aromatic rings. The van der Waals surface area contributed by atoms with Gasteiger partial charge in [0.1, 0.15) is 5.82 Å². The van der Waals surface area contributed by atoms with Crippen molar-refractivity contribution >= 4 is 15.9 Å². The third-order valence-corrected chi connectivity index (χ3v) is 4.12. The predicted octanol–water partition coefficient (Wildman–Crippen LogP) is 3.69. The summed E-state index contributed by atoms with van der Waals surface area (Å²) < 4.78 is 14.6. The van der Waals surface area contributed by atoms with Crippen LogP contribution in [0.25, 0.3) is 0 Å². The van der Waals surface area contributed by atoms with Crippen molar-refractivity contribution < 1.29 is 4.39 Å². The third kappa shape index (κ3) is 2.30. The van der Waals surface area contributed by atoms with Gasteiger partial charge in [0.15, 0.2) is 0 Å². The topological polar surface area (TPSA) is 12.0 Å². The summed E-state index contributed by atoms with van der Waals surface area (Å²) in [7, 11) is 1.96. The van der Waals surface area contributed by atoms with E-state index >= 15 is 0 Å². The third-order valence-electron chi connectivity index (χ3n) is 3.51. The molecular weight excluding hydrogens is 269 g/mol. The minimum atomic E-state index is -0.0736. The van der Waals surface area contributed by atoms with Crippen LogP contribution in [0.2, 0.25) is 0 Å². The monoisotopic (exact) mass is 285 g/mol. The van der Waals surface area contributed by atoms with Gasteiger partial charge in [0.05, 0.1) is 4.47 Å². The van der Waals surface area contributed by atoms with Crippen molar-refractivity contribution in [3.63, 3.8) is 0 Å². The summed E-state index contributed by atoms with van der Waals surface area (Å²) in [6.45, 7) is 0.983. The van der Waals surface area contributed by atoms with Gasteiger partial charge in [-0.1, -0.05) is 18.6 Å². The number of rotatable bonds is 3. The Bertz CT molecular complexity index is 367. The molecule has 1 aliphatic carbocycles. The van der Waals surface area contributed by atoms with Gasteiger partial charge in [0, 0.05) is 0 Å². The highest BCUT2D eigenvalue weighted by atomic mass is 79.9. The van der Waals surface area contributed by atoms with Crippen molar-refractivity contribution in [1.82, 2.24) is 5.32 Å². The second-order valence-electron chi connectivity index (χ2n) is 4.50. The van der Waals surface area contributed by atoms with Crippen molar-refractivity contribution in [1.29, 1.82) is 0 Å². The van der Waals surface area contributed by atoms with Crippen molar-refractivity contribution in [2.75, 3.05) is 13.6 Å². The Morgan fingerprint density at radius 2 is 2.25 bits per heavy atom. The zero-order valence-corrected chi connectivity index (χ0v) is 11.1. The Morgan fingerprint density at radius 1 is 1.44 bits per heavy atom. The van der Waals surface area contributed by atoms with Crippen molar-refractivity contribution in [2.24, 2.45) is 5.92 Å². The number of hydrogen-bond donors (Lipinski definition) is 1. The van der Waals surface area contributed by atoms with Crippen LogP contribution in [0.15, 0.2) is 22.7 Å². The quantitative estimate of drug-likeness (QED) is 0.893. The fraction of sp³-hybridized carbons (Fsp3) is 0.538. The molecular formula is C13H17BrFN. The Labute approximate surface area is 105 Å². The fourth-order valence-corrected chi connectivity index (χ4v) is 3.14. The predicted molar refractivity (Wildman–Crippen MR) is 68.1 cm³/mol. The number of benzene rings is 1. The van der Waals surface area contributed by atoms with Crippen LogP contribution < -0.4 is 5.32 Å². The maximum Gasteiger partial charge on any atom is 0.140 e. The van der Waals surface area contributed by atoms with Crippen LogP contribution in [0.5, 0.6) is 0 Å². The molecule has 16 heavy (non-hydrogen) atoms. The van der Waals surface area contributed by atoms with Crippen LogP contribution in [0.1, 0.15) is 30.7 Å². The highest BCUT2D eigenvalue weighted by molar-refractivity contribution is 9.10. The van der Waals surface area contributed by atoms with Crippen molar-refractivity contribution in [3.05, 3.63) is 34.1 Å². The molecule has 1 N–H and O–H groups in total. The highest BCUT2D eigenvalue weighted by Crippen LogP contribution is 2.41. The first-order chi connectivity index (χ1) is 7.74. The standard InChI is InChI=1S/C13H17BrFN/c1-16-8-9-4-2-5-10(9)11-6-3-7-12(14)13(11)15/h3,6-7,9-10,16H,2,4-5,8H2,1H3. The summed E-state index contributed by atoms with van der Waals surface area (Å²) in [5.74, 6) is 0.884. The molecule has 1 fully saturated rings. The zero-order chi connectivity index (χ0) is 11.5. The van der Waals surface area contributed by atoms with Gasteiger partial charge in [-0.15, -0.1) is 0 Å². The van der Waals surface area contributed by atoms with E-state index in [0.717, 1.165) is 18.5 Å². The van der Waals surface area contributed by atoms with Gasteiger partial charge in [-0.05, 0) is 65.8 Å². The van der Waals surface area contributed by atoms with Gasteiger partial charge >= 0.3 is 0 Å². The maximum atomic E-state index is 14.0. The van der Waals surface area contributed by atoms with Gasteiger partial charge in [-0.3, -0.25) is 0 Å². The molecule has 2 atom stereocenters. The summed E-state index contributed by atoms with van der Waals surface area (Å²) in [6, 6.07) is 5.62. The van der Waals surface area contributed by atoms with Crippen LogP contribution >= 0.6 is 15.9 Å². The van der Waals surface area contributed by atoms with Crippen LogP contribution in [0.4, 0.5) is 4.39 Å². The van der Waals surface area contributed by atoms with E-state index < -0.39 is 0 Å². The molecule has 0 heterocycles. The average Bonchev–Trinajstić information content (AvgIpc) is 2.71. The Hall–Kier alpha value is -0.410. The summed E-state index contributed by atoms with van der Waals surface area (Å²) >= 11 is 3.26. The average molecular weight is 286 g/mol. The molecule has 2 rings (SSSR count). The van der Waals surface area contributed by atoms with E-state index in [9.17, 15) is 4.39 Å². The molecule has 0 radical (unpaired) electrons. The lowest BCUT2D eigenvalue weighted by atomic mass is 9.88. The zero-order valence-electron chi connectivity index (χ0n) is 9.47. The van der Waals surface area contributed by atoms with Crippen molar-refractivity contribution in [3.8, 4) is 0 Å². The number of hydrogen-bond acceptors (Lipinski definition) is 1. The second kappa shape index (κ2) is 5.28. The SMILES string of the molecule is CNCC1CCCC1c1cccc(Br)c1F. The lowest BCUT2D eigenvalue weighted by molar-refractivity contribution is 0.446. The molecule has 2 unspecified atom stereocenters. The molecule has 1 saturated carbocycles. The largest absolute Gasteiger partial charge is 0.319 e. The Morgan fingerprint density at radius 3 is 3.00 bits per heavy atom. The Kier molecular flexibility index (Phi) is 3.98. The lowest BCUT2D eigenvalue weighted by Gasteiger charge is -2.20. The van der Waals surface area contributed by atoms with E-state index in [1.807, 2.05) is 19.2 Å². The molecule has 0 bridgehead atoms. The van der Waals surface area contributed by atoms with E-state index in [0.29, 0.717) is 16.3 Å². The summed E-state index contributed by atoms with van der Waals surface area (Å²) in [5.41, 5.74) is 0.882. The van der Waals surface area contributed by atoms with Crippen molar-refractivity contribution in [2.45, 2.75) is 25.2 Å². The van der Waals surface area contributed by atoms with Crippen LogP contribution in [0.3, 0.4) is 0 Å². The second-order valence-corrected chi connectivity index (χ2v) is 5.35. The smallest absolute Gasteiger partial charge is 0.140 e. The molecule has 1 aliphatic rings. The van der Waals surface area contributed by atoms with Gasteiger partial charge in [0.2, 0.25) is 0 Å². The molecule has 0 saturated heterocycles. The van der Waals surface area contributed by atoms with E-state index in [2.05, 4.69) is 21.2 Å². The molecule has 0 aliphatic heterocycles. The molecule has 1 aromatic carbocycles. The Balaban J connectivity index is 2.25. The van der Waals surface area contributed by atoms with Crippen LogP contribution in [0, 0.1) is 11.7 Å². The van der Waals surface area contributed by atoms with E-state index in [1.165, 1.54) is 12.8 Å². The first kappa shape index (κ1) is 12.1. The molecule has 3 heteroatoms. The normalized spacial score (nSPS) is 24.9. The van der Waals surface area contributed by atoms with Gasteiger partial charge in [-0.2, -0.15) is 0 Å². The highest BCUT2D eigenvalue weighted by Gasteiger charge is 2.30. The molecule has 1 nitrogen and oxygen atoms in total. The minimum absolute atomic E-state index is 0.0736. The van der Waals surface area contributed by atoms with Crippen LogP contribution in [-0.2, 0) is 0 Å². The fourth-order valence-electron chi connectivity index (χ4n) is 2.76. The van der Waals surface area contributed by atoms with E-state index in [4.69, 9.17) is 0 Å². The molecule has 88 valence electrons. The van der Waals surface area contributed by atoms with Gasteiger partial charge < -0.3 is 5.32 Å². The molecule has 0 aromatic heterocycles. The summed E-state index contributed by atoms with van der Waals surface area (Å²) in [5, 5.41) is 3.21. The minimum Gasteiger partial charge on any atom is -0.319 e. The number of halogens is 2. The lowest BCUT2D eigenvalue weighted by Crippen LogP contribution is -2.21. The summed E-state index contributed by atoms with van der Waals surface area (Å²) in [4.78, 5) is 0. The molecule has 0 amide bonds. The number of nitrogens with one attached hydrogen (secondary N) is 1.